The summed E-state index contributed by atoms with van der Waals surface area (Å²) >= 11 is 0. The second-order valence-electron chi connectivity index (χ2n) is 2.76. The molecule has 0 fully saturated rings. The summed E-state index contributed by atoms with van der Waals surface area (Å²) in [6, 6.07) is 1.35. The number of carbonyl (C=O) groups is 2. The van der Waals surface area contributed by atoms with Gasteiger partial charge in [0.1, 0.15) is 5.82 Å². The van der Waals surface area contributed by atoms with Gasteiger partial charge in [-0.25, -0.2) is 4.68 Å². The van der Waals surface area contributed by atoms with E-state index in [1.54, 1.807) is 0 Å². The van der Waals surface area contributed by atoms with Crippen molar-refractivity contribution in [3.8, 4) is 0 Å². The van der Waals surface area contributed by atoms with Crippen molar-refractivity contribution in [2.75, 3.05) is 5.73 Å². The van der Waals surface area contributed by atoms with E-state index < -0.39 is 11.8 Å². The van der Waals surface area contributed by atoms with Crippen LogP contribution in [0.5, 0.6) is 0 Å². The molecule has 0 bridgehead atoms. The standard InChI is InChI=1S/C7H11N5O2/c8-5-3-4(7(10)14)11-12(5)2-1-6(9)13/h3H,1-2,8H2,(H2,9,13)(H2,10,14). The molecule has 0 radical (unpaired) electrons. The number of anilines is 1. The molecule has 0 saturated heterocycles. The first-order valence-corrected chi connectivity index (χ1v) is 3.92. The van der Waals surface area contributed by atoms with Gasteiger partial charge in [0.05, 0.1) is 6.54 Å². The van der Waals surface area contributed by atoms with Crippen LogP contribution < -0.4 is 17.2 Å². The monoisotopic (exact) mass is 197 g/mol. The molecule has 0 saturated carbocycles. The highest BCUT2D eigenvalue weighted by Crippen LogP contribution is 2.06. The van der Waals surface area contributed by atoms with Crippen molar-refractivity contribution in [2.45, 2.75) is 13.0 Å². The number of nitrogens with two attached hydrogens (primary N) is 3. The third kappa shape index (κ3) is 2.22. The zero-order valence-corrected chi connectivity index (χ0v) is 7.43. The Bertz CT molecular complexity index is 370. The Kier molecular flexibility index (Phi) is 2.70. The molecule has 6 N–H and O–H groups in total. The zero-order valence-electron chi connectivity index (χ0n) is 7.43. The Labute approximate surface area is 79.8 Å². The maximum atomic E-state index is 10.7. The molecule has 1 rings (SSSR count). The first-order valence-electron chi connectivity index (χ1n) is 3.92. The molecule has 0 aliphatic heterocycles. The Morgan fingerprint density at radius 2 is 2.07 bits per heavy atom. The van der Waals surface area contributed by atoms with Crippen LogP contribution in [0.3, 0.4) is 0 Å². The average Bonchev–Trinajstić information content (AvgIpc) is 2.43. The predicted molar refractivity (Wildman–Crippen MR) is 49.0 cm³/mol. The normalized spacial score (nSPS) is 10.0. The molecule has 1 heterocycles. The van der Waals surface area contributed by atoms with Crippen LogP contribution in [0.4, 0.5) is 5.82 Å². The minimum absolute atomic E-state index is 0.0759. The Morgan fingerprint density at radius 3 is 2.50 bits per heavy atom. The maximum Gasteiger partial charge on any atom is 0.269 e. The second-order valence-corrected chi connectivity index (χ2v) is 2.76. The molecule has 0 aromatic carbocycles. The van der Waals surface area contributed by atoms with Crippen LogP contribution in [0.25, 0.3) is 0 Å². The minimum Gasteiger partial charge on any atom is -0.384 e. The molecule has 0 atom stereocenters. The van der Waals surface area contributed by atoms with Crippen LogP contribution in [0, 0.1) is 0 Å². The van der Waals surface area contributed by atoms with Gasteiger partial charge in [-0.05, 0) is 0 Å². The molecule has 0 aliphatic carbocycles. The fraction of sp³-hybridized carbons (Fsp3) is 0.286. The van der Waals surface area contributed by atoms with Gasteiger partial charge in [0.15, 0.2) is 5.69 Å². The smallest absolute Gasteiger partial charge is 0.269 e. The lowest BCUT2D eigenvalue weighted by Gasteiger charge is -2.00. The number of amides is 2. The molecule has 14 heavy (non-hydrogen) atoms. The van der Waals surface area contributed by atoms with E-state index >= 15 is 0 Å². The quantitative estimate of drug-likeness (QED) is 0.538. The van der Waals surface area contributed by atoms with Gasteiger partial charge >= 0.3 is 0 Å². The fourth-order valence-electron chi connectivity index (χ4n) is 0.947. The number of carbonyl (C=O) groups excluding carboxylic acids is 2. The molecular formula is C7H11N5O2. The van der Waals surface area contributed by atoms with Crippen LogP contribution >= 0.6 is 0 Å². The van der Waals surface area contributed by atoms with E-state index in [9.17, 15) is 9.59 Å². The summed E-state index contributed by atoms with van der Waals surface area (Å²) in [5, 5.41) is 3.79. The Hall–Kier alpha value is -2.05. The molecule has 76 valence electrons. The number of nitrogens with zero attached hydrogens (tertiary/aromatic N) is 2. The van der Waals surface area contributed by atoms with Crippen molar-refractivity contribution in [2.24, 2.45) is 11.5 Å². The number of hydrogen-bond acceptors (Lipinski definition) is 4. The fourth-order valence-corrected chi connectivity index (χ4v) is 0.947. The summed E-state index contributed by atoms with van der Waals surface area (Å²) in [7, 11) is 0. The van der Waals surface area contributed by atoms with Gasteiger partial charge in [-0.1, -0.05) is 0 Å². The van der Waals surface area contributed by atoms with E-state index in [-0.39, 0.29) is 24.5 Å². The molecule has 1 aromatic rings. The highest BCUT2D eigenvalue weighted by atomic mass is 16.1. The molecular weight excluding hydrogens is 186 g/mol. The number of rotatable bonds is 4. The molecule has 2 amide bonds. The summed E-state index contributed by atoms with van der Waals surface area (Å²) in [6.45, 7) is 0.244. The minimum atomic E-state index is -0.658. The van der Waals surface area contributed by atoms with E-state index in [0.29, 0.717) is 0 Å². The van der Waals surface area contributed by atoms with E-state index in [4.69, 9.17) is 17.2 Å². The number of primary amides is 2. The van der Waals surface area contributed by atoms with Crippen molar-refractivity contribution in [3.63, 3.8) is 0 Å². The summed E-state index contributed by atoms with van der Waals surface area (Å²) in [4.78, 5) is 21.2. The van der Waals surface area contributed by atoms with Crippen LogP contribution in [0.15, 0.2) is 6.07 Å². The molecule has 7 nitrogen and oxygen atoms in total. The lowest BCUT2D eigenvalue weighted by atomic mass is 10.4. The maximum absolute atomic E-state index is 10.7. The van der Waals surface area contributed by atoms with E-state index in [1.165, 1.54) is 10.7 Å². The Morgan fingerprint density at radius 1 is 1.43 bits per heavy atom. The summed E-state index contributed by atoms with van der Waals surface area (Å²) in [5.41, 5.74) is 15.5. The first kappa shape index (κ1) is 10.0. The summed E-state index contributed by atoms with van der Waals surface area (Å²) < 4.78 is 1.31. The SMILES string of the molecule is NC(=O)CCn1nc(C(N)=O)cc1N. The van der Waals surface area contributed by atoms with E-state index in [2.05, 4.69) is 5.10 Å². The predicted octanol–water partition coefficient (Wildman–Crippen LogP) is -1.56. The van der Waals surface area contributed by atoms with Crippen LogP contribution in [0.2, 0.25) is 0 Å². The second kappa shape index (κ2) is 3.77. The molecule has 7 heteroatoms. The van der Waals surface area contributed by atoms with Crippen LogP contribution in [-0.4, -0.2) is 21.6 Å². The largest absolute Gasteiger partial charge is 0.384 e. The van der Waals surface area contributed by atoms with Crippen LogP contribution in [0.1, 0.15) is 16.9 Å². The van der Waals surface area contributed by atoms with Crippen molar-refractivity contribution >= 4 is 17.6 Å². The number of aryl methyl sites for hydroxylation is 1. The molecule has 0 unspecified atom stereocenters. The van der Waals surface area contributed by atoms with Gasteiger partial charge in [0.25, 0.3) is 5.91 Å². The van der Waals surface area contributed by atoms with Gasteiger partial charge < -0.3 is 17.2 Å². The van der Waals surface area contributed by atoms with E-state index in [1.807, 2.05) is 0 Å². The average molecular weight is 197 g/mol. The van der Waals surface area contributed by atoms with Crippen LogP contribution in [-0.2, 0) is 11.3 Å². The topological polar surface area (TPSA) is 130 Å². The van der Waals surface area contributed by atoms with Gasteiger partial charge in [-0.2, -0.15) is 5.10 Å². The first-order chi connectivity index (χ1) is 6.50. The highest BCUT2D eigenvalue weighted by Gasteiger charge is 2.09. The van der Waals surface area contributed by atoms with Gasteiger partial charge in [0, 0.05) is 12.5 Å². The highest BCUT2D eigenvalue weighted by molar-refractivity contribution is 5.91. The van der Waals surface area contributed by atoms with Gasteiger partial charge in [0.2, 0.25) is 5.91 Å². The van der Waals surface area contributed by atoms with Crippen molar-refractivity contribution in [1.82, 2.24) is 9.78 Å². The van der Waals surface area contributed by atoms with Crippen molar-refractivity contribution < 1.29 is 9.59 Å². The lowest BCUT2D eigenvalue weighted by molar-refractivity contribution is -0.118. The molecule has 0 aliphatic rings. The molecule has 0 spiro atoms. The van der Waals surface area contributed by atoms with E-state index in [0.717, 1.165) is 0 Å². The summed E-state index contributed by atoms with van der Waals surface area (Å²) in [6.07, 6.45) is 0.115. The van der Waals surface area contributed by atoms with Crippen molar-refractivity contribution in [3.05, 3.63) is 11.8 Å². The van der Waals surface area contributed by atoms with Gasteiger partial charge in [-0.3, -0.25) is 9.59 Å². The third-order valence-corrected chi connectivity index (χ3v) is 1.63. The lowest BCUT2D eigenvalue weighted by Crippen LogP contribution is -2.16. The number of nitrogen functional groups attached to an aromatic ring is 1. The molecule has 1 aromatic heterocycles. The zero-order chi connectivity index (χ0) is 10.7. The summed E-state index contributed by atoms with van der Waals surface area (Å²) in [5.74, 6) is -0.838. The van der Waals surface area contributed by atoms with Crippen molar-refractivity contribution in [1.29, 1.82) is 0 Å². The number of aromatic nitrogens is 2. The number of hydrogen-bond donors (Lipinski definition) is 3. The van der Waals surface area contributed by atoms with Gasteiger partial charge in [-0.15, -0.1) is 0 Å². The Balaban J connectivity index is 2.77. The third-order valence-electron chi connectivity index (χ3n) is 1.63.